The largest absolute Gasteiger partial charge is 0.357 e. The molecular formula is C15H25ClN4O. The second-order valence-electron chi connectivity index (χ2n) is 5.71. The maximum atomic E-state index is 11.9. The van der Waals surface area contributed by atoms with Gasteiger partial charge in [-0.05, 0) is 37.3 Å². The summed E-state index contributed by atoms with van der Waals surface area (Å²) in [5.74, 6) is 0.943. The summed E-state index contributed by atoms with van der Waals surface area (Å²) in [7, 11) is 0. The first-order valence-corrected chi connectivity index (χ1v) is 7.35. The Morgan fingerprint density at radius 1 is 1.29 bits per heavy atom. The van der Waals surface area contributed by atoms with Crippen molar-refractivity contribution in [3.63, 3.8) is 0 Å². The Morgan fingerprint density at radius 3 is 2.48 bits per heavy atom. The molecule has 1 aliphatic heterocycles. The lowest BCUT2D eigenvalue weighted by Gasteiger charge is -2.27. The van der Waals surface area contributed by atoms with Crippen LogP contribution in [0.5, 0.6) is 0 Å². The van der Waals surface area contributed by atoms with Gasteiger partial charge in [-0.2, -0.15) is 0 Å². The average Bonchev–Trinajstić information content (AvgIpc) is 2.48. The van der Waals surface area contributed by atoms with Crippen LogP contribution in [0.15, 0.2) is 18.3 Å². The zero-order valence-electron chi connectivity index (χ0n) is 12.7. The van der Waals surface area contributed by atoms with E-state index in [1.54, 1.807) is 6.20 Å². The molecule has 1 fully saturated rings. The van der Waals surface area contributed by atoms with E-state index in [-0.39, 0.29) is 24.2 Å². The fraction of sp³-hybridized carbons (Fsp3) is 0.600. The van der Waals surface area contributed by atoms with E-state index in [1.807, 2.05) is 26.0 Å². The number of carbonyl (C=O) groups excluding carboxylic acids is 1. The zero-order valence-corrected chi connectivity index (χ0v) is 13.5. The van der Waals surface area contributed by atoms with Crippen molar-refractivity contribution in [2.45, 2.75) is 39.2 Å². The first kappa shape index (κ1) is 17.7. The van der Waals surface area contributed by atoms with Crippen molar-refractivity contribution in [3.8, 4) is 0 Å². The molecule has 0 aromatic carbocycles. The highest BCUT2D eigenvalue weighted by Crippen LogP contribution is 2.19. The van der Waals surface area contributed by atoms with Gasteiger partial charge in [0, 0.05) is 13.1 Å². The molecule has 0 aliphatic carbocycles. The molecular weight excluding hydrogens is 288 g/mol. The lowest BCUT2D eigenvalue weighted by Crippen LogP contribution is -2.39. The number of carbonyl (C=O) groups is 1. The van der Waals surface area contributed by atoms with Crippen LogP contribution >= 0.6 is 12.4 Å². The number of piperidine rings is 1. The number of anilines is 2. The molecule has 0 unspecified atom stereocenters. The lowest BCUT2D eigenvalue weighted by molar-refractivity contribution is -0.118. The van der Waals surface area contributed by atoms with Crippen LogP contribution in [0.25, 0.3) is 0 Å². The van der Waals surface area contributed by atoms with Crippen molar-refractivity contribution in [2.24, 2.45) is 11.7 Å². The minimum absolute atomic E-state index is 0. The van der Waals surface area contributed by atoms with Gasteiger partial charge in [0.15, 0.2) is 0 Å². The highest BCUT2D eigenvalue weighted by Gasteiger charge is 2.17. The molecule has 1 aromatic rings. The predicted molar refractivity (Wildman–Crippen MR) is 89.0 cm³/mol. The smallest absolute Gasteiger partial charge is 0.241 e. The Morgan fingerprint density at radius 2 is 1.95 bits per heavy atom. The van der Waals surface area contributed by atoms with Gasteiger partial charge < -0.3 is 16.0 Å². The van der Waals surface area contributed by atoms with E-state index in [2.05, 4.69) is 15.2 Å². The van der Waals surface area contributed by atoms with Gasteiger partial charge in [0.05, 0.1) is 17.9 Å². The molecule has 6 heteroatoms. The lowest BCUT2D eigenvalue weighted by atomic mass is 10.1. The molecule has 5 nitrogen and oxygen atoms in total. The summed E-state index contributed by atoms with van der Waals surface area (Å²) in [5.41, 5.74) is 6.51. The standard InChI is InChI=1S/C15H24N4O.ClH/c1-11(2)14(16)15(20)18-12-6-7-13(17-10-12)19-8-4-3-5-9-19;/h6-7,10-11,14H,3-5,8-9,16H2,1-2H3,(H,18,20);1H/t14-;/m1./s1. The van der Waals surface area contributed by atoms with Crippen molar-refractivity contribution >= 4 is 29.8 Å². The summed E-state index contributed by atoms with van der Waals surface area (Å²) in [6.45, 7) is 6.00. The van der Waals surface area contributed by atoms with E-state index in [4.69, 9.17) is 5.73 Å². The number of halogens is 1. The fourth-order valence-corrected chi connectivity index (χ4v) is 2.30. The van der Waals surface area contributed by atoms with Crippen molar-refractivity contribution in [3.05, 3.63) is 18.3 Å². The van der Waals surface area contributed by atoms with E-state index in [9.17, 15) is 4.79 Å². The van der Waals surface area contributed by atoms with Crippen molar-refractivity contribution in [1.82, 2.24) is 4.98 Å². The second-order valence-corrected chi connectivity index (χ2v) is 5.71. The van der Waals surface area contributed by atoms with Gasteiger partial charge in [-0.3, -0.25) is 4.79 Å². The summed E-state index contributed by atoms with van der Waals surface area (Å²) in [4.78, 5) is 18.6. The van der Waals surface area contributed by atoms with E-state index < -0.39 is 6.04 Å². The van der Waals surface area contributed by atoms with Crippen LogP contribution < -0.4 is 16.0 Å². The molecule has 3 N–H and O–H groups in total. The van der Waals surface area contributed by atoms with Gasteiger partial charge in [0.2, 0.25) is 5.91 Å². The minimum atomic E-state index is -0.489. The van der Waals surface area contributed by atoms with E-state index in [0.717, 1.165) is 18.9 Å². The van der Waals surface area contributed by atoms with Crippen molar-refractivity contribution < 1.29 is 4.79 Å². The van der Waals surface area contributed by atoms with Crippen LogP contribution in [-0.2, 0) is 4.79 Å². The van der Waals surface area contributed by atoms with E-state index in [1.165, 1.54) is 19.3 Å². The first-order valence-electron chi connectivity index (χ1n) is 7.35. The molecule has 1 atom stereocenters. The van der Waals surface area contributed by atoms with Gasteiger partial charge in [-0.15, -0.1) is 12.4 Å². The molecule has 0 spiro atoms. The maximum absolute atomic E-state index is 11.9. The van der Waals surface area contributed by atoms with E-state index in [0.29, 0.717) is 5.69 Å². The Hall–Kier alpha value is -1.33. The van der Waals surface area contributed by atoms with Gasteiger partial charge in [-0.1, -0.05) is 13.8 Å². The molecule has 1 saturated heterocycles. The number of amides is 1. The monoisotopic (exact) mass is 312 g/mol. The van der Waals surface area contributed by atoms with Crippen molar-refractivity contribution in [1.29, 1.82) is 0 Å². The third-order valence-corrected chi connectivity index (χ3v) is 3.72. The molecule has 0 bridgehead atoms. The molecule has 1 aromatic heterocycles. The Bertz CT molecular complexity index is 443. The van der Waals surface area contributed by atoms with E-state index >= 15 is 0 Å². The number of pyridine rings is 1. The highest BCUT2D eigenvalue weighted by molar-refractivity contribution is 5.94. The minimum Gasteiger partial charge on any atom is -0.357 e. The molecule has 118 valence electrons. The average molecular weight is 313 g/mol. The molecule has 2 heterocycles. The number of nitrogens with two attached hydrogens (primary N) is 1. The van der Waals surface area contributed by atoms with Crippen LogP contribution in [0, 0.1) is 5.92 Å². The summed E-state index contributed by atoms with van der Waals surface area (Å²) in [5, 5.41) is 2.81. The van der Waals surface area contributed by atoms with Crippen LogP contribution in [0.2, 0.25) is 0 Å². The second kappa shape index (κ2) is 8.20. The zero-order chi connectivity index (χ0) is 14.5. The summed E-state index contributed by atoms with van der Waals surface area (Å²) >= 11 is 0. The predicted octanol–water partition coefficient (Wildman–Crippen LogP) is 2.42. The highest BCUT2D eigenvalue weighted by atomic mass is 35.5. The van der Waals surface area contributed by atoms with Gasteiger partial charge in [0.25, 0.3) is 0 Å². The van der Waals surface area contributed by atoms with Gasteiger partial charge in [0.1, 0.15) is 5.82 Å². The molecule has 2 rings (SSSR count). The third kappa shape index (κ3) is 4.86. The molecule has 1 amide bonds. The molecule has 21 heavy (non-hydrogen) atoms. The number of hydrogen-bond donors (Lipinski definition) is 2. The first-order chi connectivity index (χ1) is 9.58. The number of nitrogens with one attached hydrogen (secondary N) is 1. The Kier molecular flexibility index (Phi) is 6.92. The fourth-order valence-electron chi connectivity index (χ4n) is 2.30. The quantitative estimate of drug-likeness (QED) is 0.895. The number of aromatic nitrogens is 1. The van der Waals surface area contributed by atoms with Crippen LogP contribution in [-0.4, -0.2) is 30.0 Å². The Balaban J connectivity index is 0.00000220. The van der Waals surface area contributed by atoms with Crippen LogP contribution in [0.4, 0.5) is 11.5 Å². The summed E-state index contributed by atoms with van der Waals surface area (Å²) in [6.07, 6.45) is 5.46. The number of nitrogens with zero attached hydrogens (tertiary/aromatic N) is 2. The third-order valence-electron chi connectivity index (χ3n) is 3.72. The molecule has 1 aliphatic rings. The maximum Gasteiger partial charge on any atom is 0.241 e. The van der Waals surface area contributed by atoms with Crippen LogP contribution in [0.1, 0.15) is 33.1 Å². The topological polar surface area (TPSA) is 71.2 Å². The van der Waals surface area contributed by atoms with Crippen molar-refractivity contribution in [2.75, 3.05) is 23.3 Å². The summed E-state index contributed by atoms with van der Waals surface area (Å²) in [6, 6.07) is 3.36. The van der Waals surface area contributed by atoms with Gasteiger partial charge >= 0.3 is 0 Å². The SMILES string of the molecule is CC(C)[C@@H](N)C(=O)Nc1ccc(N2CCCCC2)nc1.Cl. The Labute approximate surface area is 132 Å². The molecule has 0 radical (unpaired) electrons. The van der Waals surface area contributed by atoms with Gasteiger partial charge in [-0.25, -0.2) is 4.98 Å². The normalized spacial score (nSPS) is 16.3. The van der Waals surface area contributed by atoms with Crippen LogP contribution in [0.3, 0.4) is 0 Å². The number of hydrogen-bond acceptors (Lipinski definition) is 4. The summed E-state index contributed by atoms with van der Waals surface area (Å²) < 4.78 is 0. The number of rotatable bonds is 4. The molecule has 0 saturated carbocycles.